The average molecular weight is 213 g/mol. The van der Waals surface area contributed by atoms with Crippen LogP contribution in [0.5, 0.6) is 0 Å². The van der Waals surface area contributed by atoms with Crippen LogP contribution in [0.25, 0.3) is 0 Å². The van der Waals surface area contributed by atoms with Crippen LogP contribution < -0.4 is 5.32 Å². The van der Waals surface area contributed by atoms with Crippen molar-refractivity contribution in [2.45, 2.75) is 19.6 Å². The number of methoxy groups -OCH3 is 2. The lowest BCUT2D eigenvalue weighted by Gasteiger charge is -2.14. The molecule has 1 atom stereocenters. The van der Waals surface area contributed by atoms with Gasteiger partial charge in [-0.3, -0.25) is 0 Å². The lowest BCUT2D eigenvalue weighted by Crippen LogP contribution is -2.31. The molecule has 86 valence electrons. The van der Waals surface area contributed by atoms with Crippen LogP contribution in [-0.2, 0) is 16.0 Å². The molecule has 4 heteroatoms. The highest BCUT2D eigenvalue weighted by Gasteiger charge is 2.07. The van der Waals surface area contributed by atoms with Crippen molar-refractivity contribution < 1.29 is 13.9 Å². The minimum atomic E-state index is 0.0882. The molecule has 1 rings (SSSR count). The van der Waals surface area contributed by atoms with Gasteiger partial charge in [0, 0.05) is 20.8 Å². The van der Waals surface area contributed by atoms with Crippen molar-refractivity contribution in [3.8, 4) is 0 Å². The van der Waals surface area contributed by atoms with E-state index in [0.717, 1.165) is 18.8 Å². The van der Waals surface area contributed by atoms with E-state index in [1.165, 1.54) is 5.56 Å². The Labute approximate surface area is 90.6 Å². The van der Waals surface area contributed by atoms with Gasteiger partial charge in [0.2, 0.25) is 0 Å². The SMILES string of the molecule is COCC(CNCc1occc1C)OC. The van der Waals surface area contributed by atoms with Crippen molar-refractivity contribution in [2.75, 3.05) is 27.4 Å². The molecule has 15 heavy (non-hydrogen) atoms. The van der Waals surface area contributed by atoms with Crippen molar-refractivity contribution in [1.29, 1.82) is 0 Å². The summed E-state index contributed by atoms with van der Waals surface area (Å²) in [5.74, 6) is 0.974. The first-order valence-corrected chi connectivity index (χ1v) is 5.03. The van der Waals surface area contributed by atoms with Crippen LogP contribution in [0.3, 0.4) is 0 Å². The zero-order chi connectivity index (χ0) is 11.1. The van der Waals surface area contributed by atoms with Gasteiger partial charge >= 0.3 is 0 Å². The Kier molecular flexibility index (Phi) is 5.39. The van der Waals surface area contributed by atoms with Gasteiger partial charge in [-0.25, -0.2) is 0 Å². The smallest absolute Gasteiger partial charge is 0.120 e. The van der Waals surface area contributed by atoms with E-state index < -0.39 is 0 Å². The van der Waals surface area contributed by atoms with Crippen molar-refractivity contribution in [3.63, 3.8) is 0 Å². The number of nitrogens with one attached hydrogen (secondary N) is 1. The Hall–Kier alpha value is -0.840. The van der Waals surface area contributed by atoms with Gasteiger partial charge in [0.25, 0.3) is 0 Å². The zero-order valence-electron chi connectivity index (χ0n) is 9.58. The van der Waals surface area contributed by atoms with Crippen molar-refractivity contribution in [3.05, 3.63) is 23.7 Å². The average Bonchev–Trinajstić information content (AvgIpc) is 2.63. The third-order valence-electron chi connectivity index (χ3n) is 2.31. The summed E-state index contributed by atoms with van der Waals surface area (Å²) in [6.07, 6.45) is 1.79. The van der Waals surface area contributed by atoms with Crippen LogP contribution in [0.4, 0.5) is 0 Å². The lowest BCUT2D eigenvalue weighted by molar-refractivity contribution is 0.0285. The molecular formula is C11H19NO3. The Bertz CT molecular complexity index is 273. The van der Waals surface area contributed by atoms with Gasteiger partial charge in [-0.05, 0) is 18.6 Å². The monoisotopic (exact) mass is 213 g/mol. The summed E-state index contributed by atoms with van der Waals surface area (Å²) in [5.41, 5.74) is 1.17. The molecule has 0 amide bonds. The van der Waals surface area contributed by atoms with Gasteiger partial charge in [0.1, 0.15) is 5.76 Å². The molecule has 4 nitrogen and oxygen atoms in total. The Morgan fingerprint density at radius 3 is 2.80 bits per heavy atom. The summed E-state index contributed by atoms with van der Waals surface area (Å²) in [6, 6.07) is 1.96. The largest absolute Gasteiger partial charge is 0.468 e. The highest BCUT2D eigenvalue weighted by Crippen LogP contribution is 2.07. The van der Waals surface area contributed by atoms with E-state index in [9.17, 15) is 0 Å². The van der Waals surface area contributed by atoms with E-state index in [-0.39, 0.29) is 6.10 Å². The summed E-state index contributed by atoms with van der Waals surface area (Å²) in [4.78, 5) is 0. The van der Waals surface area contributed by atoms with Gasteiger partial charge < -0.3 is 19.2 Å². The first-order chi connectivity index (χ1) is 7.27. The summed E-state index contributed by atoms with van der Waals surface area (Å²) < 4.78 is 15.5. The van der Waals surface area contributed by atoms with Gasteiger partial charge in [0.15, 0.2) is 0 Å². The molecule has 0 aliphatic rings. The molecule has 0 saturated heterocycles. The van der Waals surface area contributed by atoms with E-state index in [2.05, 4.69) is 5.32 Å². The van der Waals surface area contributed by atoms with Crippen LogP contribution in [0, 0.1) is 6.92 Å². The maximum Gasteiger partial charge on any atom is 0.120 e. The van der Waals surface area contributed by atoms with Crippen LogP contribution in [0.2, 0.25) is 0 Å². The predicted molar refractivity (Wildman–Crippen MR) is 57.8 cm³/mol. The molecule has 1 aromatic heterocycles. The lowest BCUT2D eigenvalue weighted by atomic mass is 10.3. The number of hydrogen-bond acceptors (Lipinski definition) is 4. The van der Waals surface area contributed by atoms with E-state index in [1.54, 1.807) is 20.5 Å². The van der Waals surface area contributed by atoms with E-state index in [0.29, 0.717) is 6.61 Å². The van der Waals surface area contributed by atoms with Gasteiger partial charge in [-0.15, -0.1) is 0 Å². The Morgan fingerprint density at radius 1 is 1.47 bits per heavy atom. The third kappa shape index (κ3) is 4.03. The van der Waals surface area contributed by atoms with Crippen LogP contribution >= 0.6 is 0 Å². The summed E-state index contributed by atoms with van der Waals surface area (Å²) in [6.45, 7) is 4.11. The number of furan rings is 1. The highest BCUT2D eigenvalue weighted by molar-refractivity contribution is 5.14. The van der Waals surface area contributed by atoms with Gasteiger partial charge in [-0.2, -0.15) is 0 Å². The molecule has 1 heterocycles. The molecule has 0 fully saturated rings. The predicted octanol–water partition coefficient (Wildman–Crippen LogP) is 1.34. The second-order valence-electron chi connectivity index (χ2n) is 3.47. The molecule has 0 saturated carbocycles. The quantitative estimate of drug-likeness (QED) is 0.742. The molecule has 0 radical (unpaired) electrons. The standard InChI is InChI=1S/C11H19NO3/c1-9-4-5-15-11(9)7-12-6-10(14-3)8-13-2/h4-5,10,12H,6-8H2,1-3H3. The van der Waals surface area contributed by atoms with E-state index in [1.807, 2.05) is 13.0 Å². The zero-order valence-corrected chi connectivity index (χ0v) is 9.58. The summed E-state index contributed by atoms with van der Waals surface area (Å²) in [5, 5.41) is 3.27. The number of rotatable bonds is 7. The number of hydrogen-bond donors (Lipinski definition) is 1. The minimum Gasteiger partial charge on any atom is -0.468 e. The fraction of sp³-hybridized carbons (Fsp3) is 0.636. The number of ether oxygens (including phenoxy) is 2. The maximum absolute atomic E-state index is 5.31. The summed E-state index contributed by atoms with van der Waals surface area (Å²) >= 11 is 0. The summed E-state index contributed by atoms with van der Waals surface area (Å²) in [7, 11) is 3.35. The fourth-order valence-corrected chi connectivity index (χ4v) is 1.33. The van der Waals surface area contributed by atoms with Gasteiger partial charge in [0.05, 0.1) is 25.5 Å². The first kappa shape index (κ1) is 12.2. The molecule has 0 aliphatic heterocycles. The van der Waals surface area contributed by atoms with Crippen LogP contribution in [0.15, 0.2) is 16.7 Å². The van der Waals surface area contributed by atoms with Crippen molar-refractivity contribution in [1.82, 2.24) is 5.32 Å². The molecule has 0 aliphatic carbocycles. The second kappa shape index (κ2) is 6.61. The maximum atomic E-state index is 5.31. The topological polar surface area (TPSA) is 43.6 Å². The van der Waals surface area contributed by atoms with Crippen LogP contribution in [0.1, 0.15) is 11.3 Å². The molecule has 1 aromatic rings. The van der Waals surface area contributed by atoms with Gasteiger partial charge in [-0.1, -0.05) is 0 Å². The first-order valence-electron chi connectivity index (χ1n) is 5.03. The minimum absolute atomic E-state index is 0.0882. The normalized spacial score (nSPS) is 13.0. The van der Waals surface area contributed by atoms with Crippen molar-refractivity contribution in [2.24, 2.45) is 0 Å². The second-order valence-corrected chi connectivity index (χ2v) is 3.47. The Morgan fingerprint density at radius 2 is 2.27 bits per heavy atom. The molecular weight excluding hydrogens is 194 g/mol. The molecule has 1 N–H and O–H groups in total. The molecule has 0 bridgehead atoms. The molecule has 0 spiro atoms. The molecule has 0 aromatic carbocycles. The molecule has 1 unspecified atom stereocenters. The highest BCUT2D eigenvalue weighted by atomic mass is 16.5. The van der Waals surface area contributed by atoms with Crippen LogP contribution in [-0.4, -0.2) is 33.5 Å². The number of aryl methyl sites for hydroxylation is 1. The fourth-order valence-electron chi connectivity index (χ4n) is 1.33. The van der Waals surface area contributed by atoms with E-state index >= 15 is 0 Å². The van der Waals surface area contributed by atoms with Crippen molar-refractivity contribution >= 4 is 0 Å². The Balaban J connectivity index is 2.23. The van der Waals surface area contributed by atoms with E-state index in [4.69, 9.17) is 13.9 Å². The third-order valence-corrected chi connectivity index (χ3v) is 2.31.